The van der Waals surface area contributed by atoms with E-state index in [0.717, 1.165) is 70.5 Å². The van der Waals surface area contributed by atoms with E-state index in [0.29, 0.717) is 0 Å². The van der Waals surface area contributed by atoms with Crippen molar-refractivity contribution in [2.75, 3.05) is 73.4 Å². The summed E-state index contributed by atoms with van der Waals surface area (Å²) in [4.78, 5) is 2.38. The third-order valence-corrected chi connectivity index (χ3v) is 8.64. The minimum absolute atomic E-state index is 0.197. The summed E-state index contributed by atoms with van der Waals surface area (Å²) in [5, 5.41) is 0. The van der Waals surface area contributed by atoms with Crippen molar-refractivity contribution in [1.29, 1.82) is 0 Å². The minimum atomic E-state index is -0.329. The van der Waals surface area contributed by atoms with Gasteiger partial charge in [0.15, 0.2) is 12.3 Å². The first kappa shape index (κ1) is 31.1. The van der Waals surface area contributed by atoms with Crippen LogP contribution in [0.25, 0.3) is 0 Å². The van der Waals surface area contributed by atoms with Crippen LogP contribution in [0.5, 0.6) is 0 Å². The molecule has 0 saturated carbocycles. The smallest absolute Gasteiger partial charge is 0.209 e. The molecule has 2 aromatic rings. The maximum Gasteiger partial charge on any atom is 0.209 e. The number of nitrogens with zero attached hydrogens (tertiary/aromatic N) is 4. The fourth-order valence-corrected chi connectivity index (χ4v) is 6.41. The molecule has 2 aliphatic rings. The highest BCUT2D eigenvalue weighted by molar-refractivity contribution is 6.03. The van der Waals surface area contributed by atoms with Crippen LogP contribution in [0.3, 0.4) is 0 Å². The van der Waals surface area contributed by atoms with Crippen LogP contribution in [0.15, 0.2) is 60.3 Å². The van der Waals surface area contributed by atoms with E-state index in [4.69, 9.17) is 0 Å². The largest absolute Gasteiger partial charge is 0.344 e. The number of anilines is 1. The van der Waals surface area contributed by atoms with E-state index in [2.05, 4.69) is 97.7 Å². The molecule has 0 radical (unpaired) electrons. The highest BCUT2D eigenvalue weighted by Crippen LogP contribution is 2.48. The predicted molar refractivity (Wildman–Crippen MR) is 168 cm³/mol. The SMILES string of the molecule is CC1(C)C(/C=C/C=C2\N(CCC[N+](C)(C)C)c3ccc(F)cc3C2(C)C)=[N+](CCC[N+](C)(C)C)c2ccc(F)cc21. The lowest BCUT2D eigenvalue weighted by molar-refractivity contribution is -0.871. The fraction of sp³-hybridized carbons (Fsp3) is 0.514. The van der Waals surface area contributed by atoms with Crippen molar-refractivity contribution in [2.24, 2.45) is 0 Å². The summed E-state index contributed by atoms with van der Waals surface area (Å²) < 4.78 is 33.0. The normalized spacial score (nSPS) is 19.0. The zero-order chi connectivity index (χ0) is 30.4. The molecule has 0 unspecified atom stereocenters. The monoisotopic (exact) mass is 565 g/mol. The van der Waals surface area contributed by atoms with E-state index in [9.17, 15) is 8.78 Å². The molecule has 2 aromatic carbocycles. The molecule has 0 aromatic heterocycles. The van der Waals surface area contributed by atoms with E-state index in [1.54, 1.807) is 24.3 Å². The van der Waals surface area contributed by atoms with Crippen LogP contribution in [0, 0.1) is 11.6 Å². The van der Waals surface area contributed by atoms with E-state index in [1.165, 1.54) is 11.4 Å². The molecule has 2 heterocycles. The molecule has 2 aliphatic heterocycles. The lowest BCUT2D eigenvalue weighted by Gasteiger charge is -2.29. The van der Waals surface area contributed by atoms with Crippen molar-refractivity contribution >= 4 is 17.1 Å². The molecule has 41 heavy (non-hydrogen) atoms. The van der Waals surface area contributed by atoms with Crippen LogP contribution in [0.4, 0.5) is 20.2 Å². The van der Waals surface area contributed by atoms with Gasteiger partial charge in [-0.3, -0.25) is 0 Å². The predicted octanol–water partition coefficient (Wildman–Crippen LogP) is 6.77. The third kappa shape index (κ3) is 6.65. The van der Waals surface area contributed by atoms with Crippen LogP contribution in [-0.4, -0.2) is 87.7 Å². The number of hydrogen-bond donors (Lipinski definition) is 0. The average molecular weight is 566 g/mol. The highest BCUT2D eigenvalue weighted by atomic mass is 19.1. The van der Waals surface area contributed by atoms with Gasteiger partial charge in [-0.15, -0.1) is 0 Å². The molecule has 0 saturated heterocycles. The van der Waals surface area contributed by atoms with Crippen LogP contribution in [-0.2, 0) is 10.8 Å². The van der Waals surface area contributed by atoms with Crippen molar-refractivity contribution in [3.05, 3.63) is 83.1 Å². The van der Waals surface area contributed by atoms with Gasteiger partial charge in [-0.1, -0.05) is 19.9 Å². The minimum Gasteiger partial charge on any atom is -0.344 e. The Labute approximate surface area is 247 Å². The Balaban J connectivity index is 1.73. The van der Waals surface area contributed by atoms with Gasteiger partial charge >= 0.3 is 0 Å². The molecule has 0 atom stereocenters. The number of hydrogen-bond acceptors (Lipinski definition) is 1. The fourth-order valence-electron chi connectivity index (χ4n) is 6.41. The topological polar surface area (TPSA) is 6.25 Å². The highest BCUT2D eigenvalue weighted by Gasteiger charge is 2.45. The summed E-state index contributed by atoms with van der Waals surface area (Å²) in [7, 11) is 13.3. The second kappa shape index (κ2) is 11.1. The first-order chi connectivity index (χ1) is 18.9. The maximum atomic E-state index is 14.4. The van der Waals surface area contributed by atoms with E-state index < -0.39 is 0 Å². The van der Waals surface area contributed by atoms with Gasteiger partial charge in [0.05, 0.1) is 67.2 Å². The summed E-state index contributed by atoms with van der Waals surface area (Å²) in [6, 6.07) is 10.4. The van der Waals surface area contributed by atoms with Crippen molar-refractivity contribution in [1.82, 2.24) is 0 Å². The number of halogens is 2. The lowest BCUT2D eigenvalue weighted by Crippen LogP contribution is -2.37. The zero-order valence-electron chi connectivity index (χ0n) is 27.0. The summed E-state index contributed by atoms with van der Waals surface area (Å²) >= 11 is 0. The zero-order valence-corrected chi connectivity index (χ0v) is 27.0. The summed E-state index contributed by atoms with van der Waals surface area (Å²) in [5.74, 6) is -0.393. The van der Waals surface area contributed by atoms with Crippen LogP contribution < -0.4 is 4.90 Å². The van der Waals surface area contributed by atoms with Gasteiger partial charge in [-0.05, 0) is 55.8 Å². The quantitative estimate of drug-likeness (QED) is 0.228. The summed E-state index contributed by atoms with van der Waals surface area (Å²) in [5.41, 5.74) is 5.93. The number of rotatable bonds is 10. The first-order valence-electron chi connectivity index (χ1n) is 14.9. The number of benzene rings is 2. The Morgan fingerprint density at radius 2 is 1.37 bits per heavy atom. The average Bonchev–Trinajstić information content (AvgIpc) is 3.16. The molecule has 0 fully saturated rings. The Morgan fingerprint density at radius 3 is 2.00 bits per heavy atom. The molecular formula is C35H51F2N4+3. The van der Waals surface area contributed by atoms with Gasteiger partial charge in [0.2, 0.25) is 5.69 Å². The molecule has 0 spiro atoms. The van der Waals surface area contributed by atoms with Crippen molar-refractivity contribution in [3.63, 3.8) is 0 Å². The molecule has 0 amide bonds. The van der Waals surface area contributed by atoms with E-state index in [1.807, 2.05) is 12.1 Å². The Kier molecular flexibility index (Phi) is 8.43. The molecular weight excluding hydrogens is 514 g/mol. The standard InChI is InChI=1S/C35H51F2N4/c1-34(2)28-24-26(36)16-18-30(28)38(20-12-22-40(5,6)7)32(34)14-11-15-33-35(3,4)29-25-27(37)17-19-31(29)39(33)21-13-23-41(8,9)10/h11,14-19,24-25H,12-13,20-23H2,1-10H3/q+3. The van der Waals surface area contributed by atoms with Gasteiger partial charge < -0.3 is 13.9 Å². The Hall–Kier alpha value is -2.83. The van der Waals surface area contributed by atoms with Crippen molar-refractivity contribution in [2.45, 2.75) is 51.4 Å². The number of allylic oxidation sites excluding steroid dienone is 4. The van der Waals surface area contributed by atoms with Gasteiger partial charge in [-0.25, -0.2) is 8.78 Å². The molecule has 4 nitrogen and oxygen atoms in total. The van der Waals surface area contributed by atoms with Gasteiger partial charge in [0, 0.05) is 47.5 Å². The number of quaternary nitrogens is 2. The third-order valence-electron chi connectivity index (χ3n) is 8.64. The second-order valence-corrected chi connectivity index (χ2v) is 14.9. The molecule has 0 N–H and O–H groups in total. The second-order valence-electron chi connectivity index (χ2n) is 14.9. The van der Waals surface area contributed by atoms with E-state index in [-0.39, 0.29) is 22.5 Å². The van der Waals surface area contributed by atoms with Crippen molar-refractivity contribution in [3.8, 4) is 0 Å². The van der Waals surface area contributed by atoms with E-state index >= 15 is 0 Å². The van der Waals surface area contributed by atoms with Crippen LogP contribution >= 0.6 is 0 Å². The molecule has 6 heteroatoms. The maximum absolute atomic E-state index is 14.4. The molecule has 0 aliphatic carbocycles. The molecule has 4 rings (SSSR count). The first-order valence-corrected chi connectivity index (χ1v) is 14.9. The molecule has 0 bridgehead atoms. The Morgan fingerprint density at radius 1 is 0.780 bits per heavy atom. The Bertz CT molecular complexity index is 1380. The lowest BCUT2D eigenvalue weighted by atomic mass is 9.81. The van der Waals surface area contributed by atoms with Crippen LogP contribution in [0.1, 0.15) is 51.7 Å². The summed E-state index contributed by atoms with van der Waals surface area (Å²) in [6.07, 6.45) is 8.63. The van der Waals surface area contributed by atoms with Crippen molar-refractivity contribution < 1.29 is 22.3 Å². The van der Waals surface area contributed by atoms with Crippen LogP contribution in [0.2, 0.25) is 0 Å². The number of fused-ring (bicyclic) bond motifs is 2. The van der Waals surface area contributed by atoms with Gasteiger partial charge in [-0.2, -0.15) is 4.58 Å². The summed E-state index contributed by atoms with van der Waals surface area (Å²) in [6.45, 7) is 12.6. The van der Waals surface area contributed by atoms with Gasteiger partial charge in [0.25, 0.3) is 0 Å². The molecule has 222 valence electrons. The van der Waals surface area contributed by atoms with Gasteiger partial charge in [0.1, 0.15) is 11.6 Å².